The molecule has 0 spiro atoms. The van der Waals surface area contributed by atoms with Crippen molar-refractivity contribution in [2.75, 3.05) is 6.61 Å². The number of rotatable bonds is 11. The van der Waals surface area contributed by atoms with Gasteiger partial charge in [-0.05, 0) is 57.9 Å². The summed E-state index contributed by atoms with van der Waals surface area (Å²) >= 11 is 0. The first-order valence-corrected chi connectivity index (χ1v) is 15.5. The van der Waals surface area contributed by atoms with Gasteiger partial charge < -0.3 is 14.0 Å². The number of esters is 1. The van der Waals surface area contributed by atoms with Crippen molar-refractivity contribution in [1.29, 1.82) is 0 Å². The Morgan fingerprint density at radius 1 is 1.09 bits per heavy atom. The number of aromatic nitrogens is 2. The number of aryl methyl sites for hydroxylation is 1. The van der Waals surface area contributed by atoms with Crippen LogP contribution >= 0.6 is 7.75 Å². The third-order valence-corrected chi connectivity index (χ3v) is 8.91. The Kier molecular flexibility index (Phi) is 9.76. The van der Waals surface area contributed by atoms with Gasteiger partial charge in [-0.3, -0.25) is 23.7 Å². The number of aromatic amines is 1. The van der Waals surface area contributed by atoms with Crippen molar-refractivity contribution in [2.45, 2.75) is 71.7 Å². The van der Waals surface area contributed by atoms with Crippen LogP contribution in [0.1, 0.15) is 46.4 Å². The van der Waals surface area contributed by atoms with E-state index >= 15 is 4.39 Å². The zero-order valence-corrected chi connectivity index (χ0v) is 25.8. The van der Waals surface area contributed by atoms with Gasteiger partial charge >= 0.3 is 19.4 Å². The van der Waals surface area contributed by atoms with E-state index < -0.39 is 67.6 Å². The van der Waals surface area contributed by atoms with Crippen LogP contribution in [0.2, 0.25) is 0 Å². The SMILES string of the molecule is Cc1ccc(-c2ccc(OP(=O)(N[C@@H](C)C(=O)OC(C)C)OC[C@H]3O[C@@H](n4ccc(=O)[nH]c4=O)[C@](C)(F)C3C)cc2)cc1. The monoisotopic (exact) mass is 617 g/mol. The van der Waals surface area contributed by atoms with E-state index in [9.17, 15) is 18.9 Å². The number of alkyl halides is 1. The molecule has 2 unspecified atom stereocenters. The summed E-state index contributed by atoms with van der Waals surface area (Å²) in [6, 6.07) is 14.8. The average Bonchev–Trinajstić information content (AvgIpc) is 3.16. The Bertz CT molecular complexity index is 1590. The van der Waals surface area contributed by atoms with Crippen molar-refractivity contribution in [3.63, 3.8) is 0 Å². The van der Waals surface area contributed by atoms with Crippen LogP contribution in [0.15, 0.2) is 70.4 Å². The predicted molar refractivity (Wildman–Crippen MR) is 159 cm³/mol. The first-order chi connectivity index (χ1) is 20.2. The first kappa shape index (κ1) is 32.3. The van der Waals surface area contributed by atoms with Crippen molar-refractivity contribution >= 4 is 13.7 Å². The Morgan fingerprint density at radius 2 is 1.70 bits per heavy atom. The molecule has 0 aliphatic carbocycles. The van der Waals surface area contributed by atoms with E-state index in [0.717, 1.165) is 33.5 Å². The van der Waals surface area contributed by atoms with Gasteiger partial charge in [0, 0.05) is 18.2 Å². The number of carbonyl (C=O) groups excluding carboxylic acids is 1. The van der Waals surface area contributed by atoms with E-state index in [2.05, 4.69) is 10.1 Å². The van der Waals surface area contributed by atoms with Gasteiger partial charge in [0.25, 0.3) is 5.56 Å². The van der Waals surface area contributed by atoms with Gasteiger partial charge in [-0.2, -0.15) is 5.09 Å². The third kappa shape index (κ3) is 7.69. The van der Waals surface area contributed by atoms with Gasteiger partial charge in [-0.25, -0.2) is 13.8 Å². The maximum absolute atomic E-state index is 15.9. The smallest absolute Gasteiger partial charge is 0.459 e. The molecule has 1 aliphatic rings. The Morgan fingerprint density at radius 3 is 2.28 bits per heavy atom. The highest BCUT2D eigenvalue weighted by Gasteiger charge is 2.54. The summed E-state index contributed by atoms with van der Waals surface area (Å²) in [6.45, 7) is 9.25. The molecule has 2 aromatic carbocycles. The number of halogens is 1. The minimum Gasteiger partial charge on any atom is -0.462 e. The van der Waals surface area contributed by atoms with Crippen molar-refractivity contribution in [1.82, 2.24) is 14.6 Å². The van der Waals surface area contributed by atoms with E-state index in [-0.39, 0.29) is 5.75 Å². The highest BCUT2D eigenvalue weighted by Crippen LogP contribution is 2.49. The molecular formula is C30H37FN3O8P. The van der Waals surface area contributed by atoms with Crippen molar-refractivity contribution in [3.05, 3.63) is 87.2 Å². The Balaban J connectivity index is 1.55. The first-order valence-electron chi connectivity index (χ1n) is 13.9. The lowest BCUT2D eigenvalue weighted by Gasteiger charge is -2.26. The number of benzene rings is 2. The molecule has 43 heavy (non-hydrogen) atoms. The lowest BCUT2D eigenvalue weighted by molar-refractivity contribution is -0.149. The number of carbonyl (C=O) groups is 1. The summed E-state index contributed by atoms with van der Waals surface area (Å²) in [5.41, 5.74) is -0.509. The Hall–Kier alpha value is -3.57. The molecule has 13 heteroatoms. The summed E-state index contributed by atoms with van der Waals surface area (Å²) in [7, 11) is -4.29. The lowest BCUT2D eigenvalue weighted by atomic mass is 9.90. The molecule has 2 N–H and O–H groups in total. The molecule has 0 saturated carbocycles. The summed E-state index contributed by atoms with van der Waals surface area (Å²) in [5, 5.41) is 2.61. The molecule has 3 aromatic rings. The van der Waals surface area contributed by atoms with E-state index in [1.54, 1.807) is 45.0 Å². The molecule has 2 heterocycles. The summed E-state index contributed by atoms with van der Waals surface area (Å²) in [5.74, 6) is -1.30. The van der Waals surface area contributed by atoms with E-state index in [0.29, 0.717) is 0 Å². The van der Waals surface area contributed by atoms with Gasteiger partial charge in [0.15, 0.2) is 11.9 Å². The summed E-state index contributed by atoms with van der Waals surface area (Å²) in [6.07, 6.45) is -1.62. The van der Waals surface area contributed by atoms with Gasteiger partial charge in [0.1, 0.15) is 11.8 Å². The van der Waals surface area contributed by atoms with Gasteiger partial charge in [-0.15, -0.1) is 0 Å². The van der Waals surface area contributed by atoms with Crippen LogP contribution in [-0.4, -0.2) is 46.0 Å². The number of ether oxygens (including phenoxy) is 2. The van der Waals surface area contributed by atoms with Crippen molar-refractivity contribution in [2.24, 2.45) is 5.92 Å². The fourth-order valence-electron chi connectivity index (χ4n) is 4.62. The highest BCUT2D eigenvalue weighted by molar-refractivity contribution is 7.52. The standard InChI is InChI=1S/C30H37FN3O8P/c1-18(2)40-27(36)21(5)33-43(38,42-24-13-11-23(12-14-24)22-9-7-19(3)8-10-22)39-17-25-20(4)30(6,31)28(41-25)34-16-15-26(35)32-29(34)37/h7-16,18,20-21,25,28H,17H2,1-6H3,(H,33,38)(H,32,35,37)/t20?,21-,25+,28+,30+,43?/m0/s1. The maximum Gasteiger partial charge on any atom is 0.459 e. The second-order valence-electron chi connectivity index (χ2n) is 11.1. The maximum atomic E-state index is 15.9. The molecule has 1 aromatic heterocycles. The molecule has 0 amide bonds. The average molecular weight is 618 g/mol. The van der Waals surface area contributed by atoms with Crippen molar-refractivity contribution in [3.8, 4) is 16.9 Å². The zero-order chi connectivity index (χ0) is 31.5. The van der Waals surface area contributed by atoms with E-state index in [4.69, 9.17) is 18.5 Å². The molecule has 11 nitrogen and oxygen atoms in total. The largest absolute Gasteiger partial charge is 0.462 e. The molecule has 1 saturated heterocycles. The normalized spacial score (nSPS) is 24.0. The second-order valence-corrected chi connectivity index (χ2v) is 12.8. The second kappa shape index (κ2) is 13.0. The Labute approximate surface area is 248 Å². The van der Waals surface area contributed by atoms with Crippen LogP contribution in [0.5, 0.6) is 5.75 Å². The third-order valence-electron chi connectivity index (χ3n) is 7.27. The molecular weight excluding hydrogens is 580 g/mol. The highest BCUT2D eigenvalue weighted by atomic mass is 31.2. The van der Waals surface area contributed by atoms with Crippen LogP contribution in [0, 0.1) is 12.8 Å². The minimum atomic E-state index is -4.29. The van der Waals surface area contributed by atoms with Gasteiger partial charge in [0.05, 0.1) is 18.8 Å². The zero-order valence-electron chi connectivity index (χ0n) is 24.9. The lowest BCUT2D eigenvalue weighted by Crippen LogP contribution is -2.40. The van der Waals surface area contributed by atoms with Crippen LogP contribution in [0.4, 0.5) is 4.39 Å². The summed E-state index contributed by atoms with van der Waals surface area (Å²) < 4.78 is 53.5. The van der Waals surface area contributed by atoms with Gasteiger partial charge in [0.2, 0.25) is 0 Å². The molecule has 0 radical (unpaired) electrons. The fraction of sp³-hybridized carbons (Fsp3) is 0.433. The van der Waals surface area contributed by atoms with Crippen molar-refractivity contribution < 1.29 is 32.3 Å². The number of hydrogen-bond acceptors (Lipinski definition) is 8. The molecule has 1 aliphatic heterocycles. The van der Waals surface area contributed by atoms with Crippen LogP contribution in [-0.2, 0) is 23.4 Å². The fourth-order valence-corrected chi connectivity index (χ4v) is 6.12. The summed E-state index contributed by atoms with van der Waals surface area (Å²) in [4.78, 5) is 38.4. The number of hydrogen-bond donors (Lipinski definition) is 2. The topological polar surface area (TPSA) is 138 Å². The number of H-pyrrole nitrogens is 1. The van der Waals surface area contributed by atoms with E-state index in [1.165, 1.54) is 13.8 Å². The van der Waals surface area contributed by atoms with E-state index in [1.807, 2.05) is 31.2 Å². The van der Waals surface area contributed by atoms with Crippen LogP contribution in [0.3, 0.4) is 0 Å². The van der Waals surface area contributed by atoms with Gasteiger partial charge in [-0.1, -0.05) is 48.9 Å². The van der Waals surface area contributed by atoms with Crippen LogP contribution < -0.4 is 20.9 Å². The predicted octanol–water partition coefficient (Wildman–Crippen LogP) is 4.91. The molecule has 6 atom stereocenters. The molecule has 0 bridgehead atoms. The molecule has 232 valence electrons. The molecule has 1 fully saturated rings. The number of nitrogens with one attached hydrogen (secondary N) is 2. The number of nitrogens with zero attached hydrogens (tertiary/aromatic N) is 1. The minimum absolute atomic E-state index is 0.199. The van der Waals surface area contributed by atoms with Crippen LogP contribution in [0.25, 0.3) is 11.1 Å². The molecule has 4 rings (SSSR count). The quantitative estimate of drug-likeness (QED) is 0.227.